The molecule has 0 aromatic carbocycles. The molecule has 2 amide bonds. The van der Waals surface area contributed by atoms with Gasteiger partial charge in [-0.3, -0.25) is 14.4 Å². The molecule has 0 aliphatic heterocycles. The second-order valence-electron chi connectivity index (χ2n) is 6.33. The number of rotatable bonds is 7. The van der Waals surface area contributed by atoms with Gasteiger partial charge in [-0.2, -0.15) is 4.39 Å². The van der Waals surface area contributed by atoms with Crippen LogP contribution in [0.4, 0.5) is 10.1 Å². The lowest BCUT2D eigenvalue weighted by Gasteiger charge is -2.25. The van der Waals surface area contributed by atoms with Crippen molar-refractivity contribution in [2.45, 2.75) is 32.1 Å². The number of hydrogen-bond donors (Lipinski definition) is 0. The number of alkyl halides is 1. The van der Waals surface area contributed by atoms with Crippen molar-refractivity contribution >= 4 is 64.0 Å². The lowest BCUT2D eigenvalue weighted by atomic mass is 9.90. The fraction of sp³-hybridized carbons (Fsp3) is 0.400. The molecule has 7 nitrogen and oxygen atoms in total. The van der Waals surface area contributed by atoms with Crippen LogP contribution in [0.1, 0.15) is 30.6 Å². The van der Waals surface area contributed by atoms with Crippen LogP contribution in [0, 0.1) is 17.5 Å². The number of halogens is 3. The first-order valence-electron chi connectivity index (χ1n) is 9.06. The highest BCUT2D eigenvalue weighted by molar-refractivity contribution is 7.11. The Hall–Kier alpha value is -2.41. The van der Waals surface area contributed by atoms with Gasteiger partial charge < -0.3 is 9.47 Å². The van der Waals surface area contributed by atoms with Crippen molar-refractivity contribution in [2.75, 3.05) is 24.5 Å². The monoisotopic (exact) mass is 489 g/mol. The van der Waals surface area contributed by atoms with Crippen LogP contribution in [0.25, 0.3) is 0 Å². The summed E-state index contributed by atoms with van der Waals surface area (Å²) in [5.74, 6) is -1.81. The van der Waals surface area contributed by atoms with E-state index in [-0.39, 0.29) is 46.9 Å². The van der Waals surface area contributed by atoms with Crippen LogP contribution >= 0.6 is 34.5 Å². The largest absolute Gasteiger partial charge is 0.469 e. The van der Waals surface area contributed by atoms with Crippen molar-refractivity contribution in [3.8, 4) is 12.3 Å². The summed E-state index contributed by atoms with van der Waals surface area (Å²) in [7, 11) is 1.16. The van der Waals surface area contributed by atoms with Crippen LogP contribution in [-0.4, -0.2) is 43.3 Å². The first kappa shape index (κ1) is 24.9. The van der Waals surface area contributed by atoms with Crippen LogP contribution in [0.15, 0.2) is 11.1 Å². The lowest BCUT2D eigenvalue weighted by Crippen LogP contribution is -2.40. The standard InChI is InChI=1S/C20H18Cl2FNO6S/c1-3-8-30-20(28)12-7-5-4-6-11(12)19(27)24(14(25)10-21)17-16(22)13(31-18(17)23)9-15(26)29-2/h1H,4-10H2,2H3. The van der Waals surface area contributed by atoms with Crippen LogP contribution in [0.3, 0.4) is 0 Å². The summed E-state index contributed by atoms with van der Waals surface area (Å²) in [5, 5.41) is -1.24. The number of ether oxygens (including phenoxy) is 2. The SMILES string of the molecule is C#CCOC(=O)C1=C(C(=O)N(C(=O)CCl)c2c(F)sc(CC(=O)OC)c2Cl)CCCC1. The van der Waals surface area contributed by atoms with Crippen LogP contribution < -0.4 is 4.90 Å². The molecule has 0 saturated heterocycles. The van der Waals surface area contributed by atoms with Crippen LogP contribution in [0.2, 0.25) is 5.02 Å². The molecule has 0 saturated carbocycles. The highest BCUT2D eigenvalue weighted by atomic mass is 35.5. The number of imide groups is 1. The van der Waals surface area contributed by atoms with Gasteiger partial charge in [0.05, 0.1) is 18.6 Å². The van der Waals surface area contributed by atoms with E-state index in [1.54, 1.807) is 0 Å². The summed E-state index contributed by atoms with van der Waals surface area (Å²) < 4.78 is 24.3. The van der Waals surface area contributed by atoms with E-state index in [0.29, 0.717) is 29.1 Å². The lowest BCUT2D eigenvalue weighted by molar-refractivity contribution is -0.140. The van der Waals surface area contributed by atoms with E-state index in [0.717, 1.165) is 7.11 Å². The molecule has 0 fully saturated rings. The van der Waals surface area contributed by atoms with Gasteiger partial charge in [0, 0.05) is 16.0 Å². The first-order chi connectivity index (χ1) is 14.8. The van der Waals surface area contributed by atoms with Crippen molar-refractivity contribution in [1.29, 1.82) is 0 Å². The Labute approximate surface area is 192 Å². The van der Waals surface area contributed by atoms with E-state index in [1.165, 1.54) is 0 Å². The fourth-order valence-electron chi connectivity index (χ4n) is 3.02. The van der Waals surface area contributed by atoms with Gasteiger partial charge in [0.1, 0.15) is 11.6 Å². The minimum Gasteiger partial charge on any atom is -0.469 e. The molecule has 31 heavy (non-hydrogen) atoms. The minimum absolute atomic E-state index is 0.00271. The fourth-order valence-corrected chi connectivity index (χ4v) is 4.43. The van der Waals surface area contributed by atoms with Gasteiger partial charge in [0.25, 0.3) is 5.91 Å². The normalized spacial score (nSPS) is 13.4. The summed E-state index contributed by atoms with van der Waals surface area (Å²) in [6.07, 6.45) is 6.35. The third-order valence-electron chi connectivity index (χ3n) is 4.43. The molecule has 1 aliphatic rings. The molecule has 0 atom stereocenters. The van der Waals surface area contributed by atoms with Gasteiger partial charge in [-0.05, 0) is 25.7 Å². The number of nitrogens with zero attached hydrogens (tertiary/aromatic N) is 1. The molecule has 0 radical (unpaired) electrons. The highest BCUT2D eigenvalue weighted by Crippen LogP contribution is 2.41. The smallest absolute Gasteiger partial charge is 0.335 e. The van der Waals surface area contributed by atoms with Crippen molar-refractivity contribution in [2.24, 2.45) is 0 Å². The number of amides is 2. The number of anilines is 1. The molecule has 0 spiro atoms. The maximum atomic E-state index is 14.8. The summed E-state index contributed by atoms with van der Waals surface area (Å²) in [6.45, 7) is -0.282. The van der Waals surface area contributed by atoms with Gasteiger partial charge >= 0.3 is 11.9 Å². The number of terminal acetylenes is 1. The van der Waals surface area contributed by atoms with Crippen molar-refractivity contribution in [3.05, 3.63) is 26.2 Å². The molecule has 1 heterocycles. The Morgan fingerprint density at radius 3 is 2.45 bits per heavy atom. The van der Waals surface area contributed by atoms with E-state index in [4.69, 9.17) is 34.4 Å². The van der Waals surface area contributed by atoms with E-state index in [9.17, 15) is 23.6 Å². The maximum Gasteiger partial charge on any atom is 0.335 e. The summed E-state index contributed by atoms with van der Waals surface area (Å²) in [5.41, 5.74) is -0.445. The summed E-state index contributed by atoms with van der Waals surface area (Å²) >= 11 is 12.4. The van der Waals surface area contributed by atoms with Gasteiger partial charge in [0.15, 0.2) is 6.61 Å². The molecule has 1 aromatic rings. The second-order valence-corrected chi connectivity index (χ2v) is 8.03. The van der Waals surface area contributed by atoms with E-state index in [2.05, 4.69) is 10.7 Å². The molecule has 0 unspecified atom stereocenters. The van der Waals surface area contributed by atoms with Gasteiger partial charge in [0.2, 0.25) is 11.0 Å². The number of carbonyl (C=O) groups is 4. The van der Waals surface area contributed by atoms with E-state index in [1.807, 2.05) is 0 Å². The second kappa shape index (κ2) is 11.3. The molecule has 11 heteroatoms. The zero-order valence-corrected chi connectivity index (χ0v) is 18.8. The van der Waals surface area contributed by atoms with Crippen molar-refractivity contribution in [3.63, 3.8) is 0 Å². The van der Waals surface area contributed by atoms with Crippen LogP contribution in [-0.2, 0) is 35.1 Å². The predicted molar refractivity (Wildman–Crippen MR) is 114 cm³/mol. The molecule has 2 rings (SSSR count). The van der Waals surface area contributed by atoms with Gasteiger partial charge in [-0.1, -0.05) is 17.5 Å². The quantitative estimate of drug-likeness (QED) is 0.331. The maximum absolute atomic E-state index is 14.8. The number of thiophene rings is 1. The van der Waals surface area contributed by atoms with E-state index >= 15 is 0 Å². The number of hydrogen-bond acceptors (Lipinski definition) is 7. The summed E-state index contributed by atoms with van der Waals surface area (Å²) in [6, 6.07) is 0. The number of esters is 2. The van der Waals surface area contributed by atoms with E-state index < -0.39 is 40.5 Å². The third kappa shape index (κ3) is 5.64. The van der Waals surface area contributed by atoms with Crippen molar-refractivity contribution < 1.29 is 33.0 Å². The topological polar surface area (TPSA) is 90.0 Å². The molecule has 1 aliphatic carbocycles. The Kier molecular flexibility index (Phi) is 9.04. The Balaban J connectivity index is 2.54. The molecular weight excluding hydrogens is 472 g/mol. The van der Waals surface area contributed by atoms with Gasteiger partial charge in [-0.15, -0.1) is 29.4 Å². The first-order valence-corrected chi connectivity index (χ1v) is 10.8. The van der Waals surface area contributed by atoms with Crippen LogP contribution in [0.5, 0.6) is 0 Å². The summed E-state index contributed by atoms with van der Waals surface area (Å²) in [4.78, 5) is 50.3. The van der Waals surface area contributed by atoms with Crippen molar-refractivity contribution in [1.82, 2.24) is 0 Å². The molecule has 0 N–H and O–H groups in total. The zero-order valence-electron chi connectivity index (χ0n) is 16.5. The van der Waals surface area contributed by atoms with Gasteiger partial charge in [-0.25, -0.2) is 9.69 Å². The number of methoxy groups -OCH3 is 1. The average Bonchev–Trinajstić information content (AvgIpc) is 3.04. The Morgan fingerprint density at radius 1 is 1.23 bits per heavy atom. The average molecular weight is 490 g/mol. The predicted octanol–water partition coefficient (Wildman–Crippen LogP) is 3.40. The molecule has 1 aromatic heterocycles. The minimum atomic E-state index is -0.955. The highest BCUT2D eigenvalue weighted by Gasteiger charge is 2.36. The molecular formula is C20H18Cl2FNO6S. The Morgan fingerprint density at radius 2 is 1.87 bits per heavy atom. The molecule has 166 valence electrons. The molecule has 0 bridgehead atoms. The number of carbonyl (C=O) groups excluding carboxylic acids is 4. The Bertz CT molecular complexity index is 981. The zero-order chi connectivity index (χ0) is 23.1. The third-order valence-corrected chi connectivity index (χ3v) is 6.15.